The molecule has 0 aromatic heterocycles. The molecule has 0 unspecified atom stereocenters. The van der Waals surface area contributed by atoms with E-state index in [0.717, 1.165) is 0 Å². The molecule has 0 amide bonds. The average molecular weight is 358 g/mol. The van der Waals surface area contributed by atoms with Crippen molar-refractivity contribution < 1.29 is 54.2 Å². The van der Waals surface area contributed by atoms with E-state index < -0.39 is 42.7 Å². The lowest BCUT2D eigenvalue weighted by molar-refractivity contribution is -0.413. The van der Waals surface area contributed by atoms with Crippen molar-refractivity contribution in [2.24, 2.45) is 0 Å². The van der Waals surface area contributed by atoms with E-state index in [2.05, 4.69) is 9.47 Å². The van der Waals surface area contributed by atoms with Crippen LogP contribution in [0.25, 0.3) is 0 Å². The second kappa shape index (κ2) is 6.71. The fraction of sp³-hybridized carbons (Fsp3) is 0.636. The summed E-state index contributed by atoms with van der Waals surface area (Å²) >= 11 is 0. The normalized spacial score (nSPS) is 14.0. The molecule has 4 nitrogen and oxygen atoms in total. The maximum absolute atomic E-state index is 13.0. The van der Waals surface area contributed by atoms with E-state index >= 15 is 0 Å². The molecule has 0 atom stereocenters. The van der Waals surface area contributed by atoms with E-state index in [1.54, 1.807) is 0 Å². The highest BCUT2D eigenvalue weighted by Gasteiger charge is 2.81. The molecule has 0 aliphatic heterocycles. The fourth-order valence-corrected chi connectivity index (χ4v) is 1.01. The average Bonchev–Trinajstić information content (AvgIpc) is 2.34. The Morgan fingerprint density at radius 2 is 1.30 bits per heavy atom. The third-order valence-corrected chi connectivity index (χ3v) is 2.18. The highest BCUT2D eigenvalue weighted by molar-refractivity contribution is 5.91. The zero-order valence-corrected chi connectivity index (χ0v) is 11.5. The molecule has 0 saturated carbocycles. The van der Waals surface area contributed by atoms with Gasteiger partial charge in [-0.25, -0.2) is 9.59 Å². The van der Waals surface area contributed by atoms with Gasteiger partial charge in [-0.3, -0.25) is 0 Å². The number of alkyl halides is 8. The van der Waals surface area contributed by atoms with E-state index in [1.165, 1.54) is 6.92 Å². The molecule has 0 spiro atoms. The van der Waals surface area contributed by atoms with Gasteiger partial charge in [0, 0.05) is 19.1 Å². The summed E-state index contributed by atoms with van der Waals surface area (Å²) in [4.78, 5) is 21.6. The van der Waals surface area contributed by atoms with Crippen LogP contribution in [0.4, 0.5) is 35.1 Å². The van der Waals surface area contributed by atoms with Crippen LogP contribution in [0.3, 0.4) is 0 Å². The van der Waals surface area contributed by atoms with Gasteiger partial charge in [0.25, 0.3) is 0 Å². The molecular weight excluding hydrogens is 348 g/mol. The smallest absolute Gasteiger partial charge is 0.463 e. The van der Waals surface area contributed by atoms with Crippen LogP contribution < -0.4 is 0 Å². The summed E-state index contributed by atoms with van der Waals surface area (Å²) in [6.07, 6.45) is -6.21. The van der Waals surface area contributed by atoms with E-state index in [0.29, 0.717) is 0 Å². The molecule has 0 aromatic rings. The largest absolute Gasteiger partial charge is 0.473 e. The Labute approximate surface area is 124 Å². The van der Waals surface area contributed by atoms with E-state index in [4.69, 9.17) is 0 Å². The van der Waals surface area contributed by atoms with Crippen LogP contribution in [0.1, 0.15) is 13.8 Å². The molecule has 0 bridgehead atoms. The molecule has 0 radical (unpaired) electrons. The first-order valence-electron chi connectivity index (χ1n) is 5.69. The number of halogens is 8. The van der Waals surface area contributed by atoms with Crippen molar-refractivity contribution in [3.63, 3.8) is 0 Å². The van der Waals surface area contributed by atoms with Gasteiger partial charge in [0.2, 0.25) is 0 Å². The maximum Gasteiger partial charge on any atom is 0.473 e. The number of hydrogen-bond acceptors (Lipinski definition) is 4. The molecule has 12 heteroatoms. The van der Waals surface area contributed by atoms with E-state index in [-0.39, 0.29) is 18.8 Å². The number of carbonyl (C=O) groups is 2. The predicted octanol–water partition coefficient (Wildman–Crippen LogP) is 3.17. The third kappa shape index (κ3) is 4.55. The Bertz CT molecular complexity index is 481. The van der Waals surface area contributed by atoms with Crippen molar-refractivity contribution in [2.75, 3.05) is 6.61 Å². The zero-order valence-electron chi connectivity index (χ0n) is 11.5. The molecule has 0 fully saturated rings. The third-order valence-electron chi connectivity index (χ3n) is 2.18. The van der Waals surface area contributed by atoms with Crippen molar-refractivity contribution >= 4 is 11.9 Å². The summed E-state index contributed by atoms with van der Waals surface area (Å²) in [5, 5.41) is 0. The number of rotatable bonds is 7. The quantitative estimate of drug-likeness (QED) is 0.399. The van der Waals surface area contributed by atoms with Crippen LogP contribution in [0, 0.1) is 0 Å². The molecule has 134 valence electrons. The van der Waals surface area contributed by atoms with E-state index in [1.807, 2.05) is 0 Å². The fourth-order valence-electron chi connectivity index (χ4n) is 1.01. The maximum atomic E-state index is 13.0. The van der Waals surface area contributed by atoms with E-state index in [9.17, 15) is 44.7 Å². The van der Waals surface area contributed by atoms with Crippen LogP contribution in [-0.2, 0) is 19.1 Å². The summed E-state index contributed by atoms with van der Waals surface area (Å²) in [6, 6.07) is 0. The molecule has 23 heavy (non-hydrogen) atoms. The van der Waals surface area contributed by atoms with Gasteiger partial charge in [-0.1, -0.05) is 0 Å². The Balaban J connectivity index is 5.26. The highest BCUT2D eigenvalue weighted by atomic mass is 19.4. The minimum Gasteiger partial charge on any atom is -0.463 e. The van der Waals surface area contributed by atoms with Crippen LogP contribution >= 0.6 is 0 Å². The van der Waals surface area contributed by atoms with Crippen molar-refractivity contribution in [2.45, 2.75) is 37.7 Å². The topological polar surface area (TPSA) is 52.6 Å². The Morgan fingerprint density at radius 1 is 0.870 bits per heavy atom. The Morgan fingerprint density at radius 3 is 1.70 bits per heavy atom. The number of carbonyl (C=O) groups excluding carboxylic acids is 2. The van der Waals surface area contributed by atoms with Gasteiger partial charge in [-0.05, 0) is 6.92 Å². The first kappa shape index (κ1) is 21.1. The van der Waals surface area contributed by atoms with Gasteiger partial charge in [-0.2, -0.15) is 35.1 Å². The second-order valence-corrected chi connectivity index (χ2v) is 4.06. The minimum absolute atomic E-state index is 0.121. The lowest BCUT2D eigenvalue weighted by Crippen LogP contribution is -2.62. The second-order valence-electron chi connectivity index (χ2n) is 4.06. The molecule has 0 saturated heterocycles. The predicted molar refractivity (Wildman–Crippen MR) is 57.3 cm³/mol. The lowest BCUT2D eigenvalue weighted by atomic mass is 10.1. The Hall–Kier alpha value is -1.88. The molecule has 0 aliphatic carbocycles. The monoisotopic (exact) mass is 358 g/mol. The first-order chi connectivity index (χ1) is 10.1. The number of hydrogen-bond donors (Lipinski definition) is 0. The Kier molecular flexibility index (Phi) is 6.16. The molecule has 0 rings (SSSR count). The summed E-state index contributed by atoms with van der Waals surface area (Å²) in [5.41, 5.74) is 0. The highest BCUT2D eigenvalue weighted by Crippen LogP contribution is 2.52. The van der Waals surface area contributed by atoms with Gasteiger partial charge >= 0.3 is 35.8 Å². The molecule has 0 aliphatic rings. The lowest BCUT2D eigenvalue weighted by Gasteiger charge is -2.34. The summed E-state index contributed by atoms with van der Waals surface area (Å²) < 4.78 is 109. The van der Waals surface area contributed by atoms with Crippen molar-refractivity contribution in [3.05, 3.63) is 12.2 Å². The molecule has 0 aromatic carbocycles. The van der Waals surface area contributed by atoms with Crippen molar-refractivity contribution in [3.8, 4) is 0 Å². The summed E-state index contributed by atoms with van der Waals surface area (Å²) in [5.74, 6) is -22.4. The van der Waals surface area contributed by atoms with Gasteiger partial charge in [0.1, 0.15) is 0 Å². The minimum atomic E-state index is -6.72. The van der Waals surface area contributed by atoms with Gasteiger partial charge in [0.15, 0.2) is 0 Å². The van der Waals surface area contributed by atoms with Crippen molar-refractivity contribution in [1.82, 2.24) is 0 Å². The first-order valence-corrected chi connectivity index (χ1v) is 5.69. The SMILES string of the molecule is CCOC(=O)C=CC(=O)OC(F)(F)C(F)(F)C(F)(F)C(C)(F)F. The van der Waals surface area contributed by atoms with Gasteiger partial charge < -0.3 is 9.47 Å². The zero-order chi connectivity index (χ0) is 18.7. The van der Waals surface area contributed by atoms with Crippen molar-refractivity contribution in [1.29, 1.82) is 0 Å². The van der Waals surface area contributed by atoms with Gasteiger partial charge in [0.05, 0.1) is 6.61 Å². The van der Waals surface area contributed by atoms with Crippen LogP contribution in [0.5, 0.6) is 0 Å². The van der Waals surface area contributed by atoms with Crippen LogP contribution in [-0.4, -0.2) is 42.4 Å². The van der Waals surface area contributed by atoms with Crippen LogP contribution in [0.2, 0.25) is 0 Å². The summed E-state index contributed by atoms with van der Waals surface area (Å²) in [6.45, 7) is 0.454. The molecule has 0 heterocycles. The number of esters is 2. The standard InChI is InChI=1S/C11H10F8O4/c1-3-22-6(20)4-5-7(21)23-11(18,19)10(16,17)9(14,15)8(2,12)13/h4-5H,3H2,1-2H3. The van der Waals surface area contributed by atoms with Crippen LogP contribution in [0.15, 0.2) is 12.2 Å². The number of ether oxygens (including phenoxy) is 2. The molecular formula is C11H10F8O4. The summed E-state index contributed by atoms with van der Waals surface area (Å²) in [7, 11) is 0. The molecule has 0 N–H and O–H groups in total. The van der Waals surface area contributed by atoms with Gasteiger partial charge in [-0.15, -0.1) is 0 Å².